The Morgan fingerprint density at radius 2 is 2.25 bits per heavy atom. The van der Waals surface area contributed by atoms with E-state index in [1.54, 1.807) is 11.8 Å². The lowest BCUT2D eigenvalue weighted by Crippen LogP contribution is -2.36. The Bertz CT molecular complexity index is 84.6. The maximum absolute atomic E-state index is 8.98. The van der Waals surface area contributed by atoms with Gasteiger partial charge in [-0.25, -0.2) is 0 Å². The molecule has 1 fully saturated rings. The van der Waals surface area contributed by atoms with E-state index in [1.165, 1.54) is 6.42 Å². The van der Waals surface area contributed by atoms with Gasteiger partial charge in [0.1, 0.15) is 5.44 Å². The third-order valence-corrected chi connectivity index (χ3v) is 3.57. The van der Waals surface area contributed by atoms with Crippen molar-refractivity contribution in [2.45, 2.75) is 31.0 Å². The maximum atomic E-state index is 8.98. The SMILES string of the molecule is CCC1SC(O)C1C. The molecular formula is C6H12OS. The molecule has 0 amide bonds. The lowest BCUT2D eigenvalue weighted by Gasteiger charge is -2.37. The topological polar surface area (TPSA) is 20.2 Å². The van der Waals surface area contributed by atoms with Crippen LogP contribution in [0.3, 0.4) is 0 Å². The summed E-state index contributed by atoms with van der Waals surface area (Å²) in [5.74, 6) is 0.532. The van der Waals surface area contributed by atoms with Gasteiger partial charge in [-0.1, -0.05) is 13.8 Å². The summed E-state index contributed by atoms with van der Waals surface area (Å²) in [5, 5.41) is 9.71. The van der Waals surface area contributed by atoms with Crippen molar-refractivity contribution in [3.8, 4) is 0 Å². The molecule has 0 saturated carbocycles. The molecule has 0 aromatic carbocycles. The van der Waals surface area contributed by atoms with E-state index in [2.05, 4.69) is 13.8 Å². The third kappa shape index (κ3) is 0.869. The molecule has 0 radical (unpaired) electrons. The predicted octanol–water partition coefficient (Wildman–Crippen LogP) is 1.47. The van der Waals surface area contributed by atoms with Gasteiger partial charge in [-0.15, -0.1) is 11.8 Å². The van der Waals surface area contributed by atoms with E-state index in [0.29, 0.717) is 5.92 Å². The first kappa shape index (κ1) is 6.43. The van der Waals surface area contributed by atoms with Gasteiger partial charge < -0.3 is 5.11 Å². The summed E-state index contributed by atoms with van der Waals surface area (Å²) < 4.78 is 0. The number of thioether (sulfide) groups is 1. The molecule has 1 saturated heterocycles. The molecule has 1 aliphatic heterocycles. The van der Waals surface area contributed by atoms with Crippen molar-refractivity contribution < 1.29 is 5.11 Å². The predicted molar refractivity (Wildman–Crippen MR) is 36.8 cm³/mol. The highest BCUT2D eigenvalue weighted by Crippen LogP contribution is 2.41. The number of hydrogen-bond donors (Lipinski definition) is 1. The van der Waals surface area contributed by atoms with E-state index in [-0.39, 0.29) is 5.44 Å². The van der Waals surface area contributed by atoms with Gasteiger partial charge in [-0.2, -0.15) is 0 Å². The average Bonchev–Trinajstić information content (AvgIpc) is 1.81. The summed E-state index contributed by atoms with van der Waals surface area (Å²) in [5.41, 5.74) is -0.0695. The van der Waals surface area contributed by atoms with Crippen molar-refractivity contribution in [2.24, 2.45) is 5.92 Å². The van der Waals surface area contributed by atoms with Crippen LogP contribution in [-0.2, 0) is 0 Å². The second-order valence-corrected chi connectivity index (χ2v) is 3.69. The van der Waals surface area contributed by atoms with Crippen LogP contribution in [0.1, 0.15) is 20.3 Å². The molecule has 8 heavy (non-hydrogen) atoms. The summed E-state index contributed by atoms with van der Waals surface area (Å²) in [6.07, 6.45) is 1.20. The van der Waals surface area contributed by atoms with Gasteiger partial charge in [-0.05, 0) is 6.42 Å². The summed E-state index contributed by atoms with van der Waals surface area (Å²) >= 11 is 1.69. The monoisotopic (exact) mass is 132 g/mol. The Morgan fingerprint density at radius 3 is 2.38 bits per heavy atom. The zero-order chi connectivity index (χ0) is 6.15. The highest BCUT2D eigenvalue weighted by Gasteiger charge is 2.35. The number of aliphatic hydroxyl groups excluding tert-OH is 1. The van der Waals surface area contributed by atoms with Crippen molar-refractivity contribution in [1.29, 1.82) is 0 Å². The van der Waals surface area contributed by atoms with Gasteiger partial charge in [-0.3, -0.25) is 0 Å². The van der Waals surface area contributed by atoms with Crippen LogP contribution in [0.15, 0.2) is 0 Å². The smallest absolute Gasteiger partial charge is 0.103 e. The Kier molecular flexibility index (Phi) is 1.83. The van der Waals surface area contributed by atoms with E-state index in [4.69, 9.17) is 5.11 Å². The fourth-order valence-corrected chi connectivity index (χ4v) is 2.10. The Labute approximate surface area is 54.5 Å². The maximum Gasteiger partial charge on any atom is 0.103 e. The standard InChI is InChI=1S/C6H12OS/c1-3-5-4(2)6(7)8-5/h4-7H,3H2,1-2H3. The van der Waals surface area contributed by atoms with Crippen LogP contribution < -0.4 is 0 Å². The van der Waals surface area contributed by atoms with E-state index >= 15 is 0 Å². The van der Waals surface area contributed by atoms with Crippen LogP contribution in [0, 0.1) is 5.92 Å². The Hall–Kier alpha value is 0.310. The van der Waals surface area contributed by atoms with Gasteiger partial charge in [0.2, 0.25) is 0 Å². The third-order valence-electron chi connectivity index (χ3n) is 1.75. The zero-order valence-electron chi connectivity index (χ0n) is 5.29. The van der Waals surface area contributed by atoms with Crippen LogP contribution >= 0.6 is 11.8 Å². The van der Waals surface area contributed by atoms with Crippen LogP contribution in [0.2, 0.25) is 0 Å². The molecule has 0 aromatic heterocycles. The first-order chi connectivity index (χ1) is 3.75. The second kappa shape index (κ2) is 2.28. The van der Waals surface area contributed by atoms with Crippen molar-refractivity contribution >= 4 is 11.8 Å². The molecule has 1 aliphatic rings. The van der Waals surface area contributed by atoms with Crippen molar-refractivity contribution in [3.05, 3.63) is 0 Å². The van der Waals surface area contributed by atoms with Crippen molar-refractivity contribution in [1.82, 2.24) is 0 Å². The van der Waals surface area contributed by atoms with Crippen molar-refractivity contribution in [3.63, 3.8) is 0 Å². The lowest BCUT2D eigenvalue weighted by atomic mass is 10.1. The van der Waals surface area contributed by atoms with E-state index in [9.17, 15) is 0 Å². The van der Waals surface area contributed by atoms with Crippen LogP contribution in [-0.4, -0.2) is 15.8 Å². The Morgan fingerprint density at radius 1 is 1.62 bits per heavy atom. The molecule has 48 valence electrons. The quantitative estimate of drug-likeness (QED) is 0.583. The molecule has 1 heterocycles. The van der Waals surface area contributed by atoms with Gasteiger partial charge >= 0.3 is 0 Å². The van der Waals surface area contributed by atoms with E-state index in [0.717, 1.165) is 5.25 Å². The van der Waals surface area contributed by atoms with Gasteiger partial charge in [0.15, 0.2) is 0 Å². The normalized spacial score (nSPS) is 46.1. The molecule has 0 aliphatic carbocycles. The zero-order valence-corrected chi connectivity index (χ0v) is 6.11. The summed E-state index contributed by atoms with van der Waals surface area (Å²) in [6.45, 7) is 4.27. The molecule has 0 spiro atoms. The summed E-state index contributed by atoms with van der Waals surface area (Å²) in [6, 6.07) is 0. The molecule has 3 atom stereocenters. The molecule has 1 nitrogen and oxygen atoms in total. The largest absolute Gasteiger partial charge is 0.382 e. The minimum absolute atomic E-state index is 0.0695. The second-order valence-electron chi connectivity index (χ2n) is 2.33. The Balaban J connectivity index is 2.25. The van der Waals surface area contributed by atoms with Gasteiger partial charge in [0.05, 0.1) is 0 Å². The fourth-order valence-electron chi connectivity index (χ4n) is 0.989. The molecule has 0 bridgehead atoms. The van der Waals surface area contributed by atoms with Crippen LogP contribution in [0.5, 0.6) is 0 Å². The molecule has 1 N–H and O–H groups in total. The van der Waals surface area contributed by atoms with Gasteiger partial charge in [0.25, 0.3) is 0 Å². The highest BCUT2D eigenvalue weighted by molar-refractivity contribution is 8.01. The average molecular weight is 132 g/mol. The van der Waals surface area contributed by atoms with Crippen LogP contribution in [0.4, 0.5) is 0 Å². The fraction of sp³-hybridized carbons (Fsp3) is 1.00. The molecule has 0 aromatic rings. The van der Waals surface area contributed by atoms with Gasteiger partial charge in [0, 0.05) is 11.2 Å². The number of aliphatic hydroxyl groups is 1. The van der Waals surface area contributed by atoms with Crippen molar-refractivity contribution in [2.75, 3.05) is 0 Å². The minimum Gasteiger partial charge on any atom is -0.382 e. The molecule has 1 rings (SSSR count). The molecule has 2 heteroatoms. The van der Waals surface area contributed by atoms with E-state index in [1.807, 2.05) is 0 Å². The highest BCUT2D eigenvalue weighted by atomic mass is 32.2. The minimum atomic E-state index is -0.0695. The van der Waals surface area contributed by atoms with Crippen LogP contribution in [0.25, 0.3) is 0 Å². The first-order valence-electron chi connectivity index (χ1n) is 3.09. The lowest BCUT2D eigenvalue weighted by molar-refractivity contribution is 0.173. The summed E-state index contributed by atoms with van der Waals surface area (Å²) in [4.78, 5) is 0. The molecule has 3 unspecified atom stereocenters. The number of rotatable bonds is 1. The first-order valence-corrected chi connectivity index (χ1v) is 4.03. The number of hydrogen-bond acceptors (Lipinski definition) is 2. The molecular weight excluding hydrogens is 120 g/mol. The van der Waals surface area contributed by atoms with E-state index < -0.39 is 0 Å². The summed E-state index contributed by atoms with van der Waals surface area (Å²) in [7, 11) is 0.